The molecule has 2 unspecified atom stereocenters. The molecule has 142 valence electrons. The quantitative estimate of drug-likeness (QED) is 0.658. The number of thiazole rings is 1. The van der Waals surface area contributed by atoms with Crippen molar-refractivity contribution in [3.8, 4) is 0 Å². The van der Waals surface area contributed by atoms with Crippen LogP contribution in [0.25, 0.3) is 0 Å². The average Bonchev–Trinajstić information content (AvgIpc) is 3.26. The van der Waals surface area contributed by atoms with Gasteiger partial charge >= 0.3 is 0 Å². The number of hydrogen-bond acceptors (Lipinski definition) is 4. The van der Waals surface area contributed by atoms with Crippen LogP contribution >= 0.6 is 11.3 Å². The Kier molecular flexibility index (Phi) is 5.96. The predicted molar refractivity (Wildman–Crippen MR) is 108 cm³/mol. The van der Waals surface area contributed by atoms with Gasteiger partial charge in [-0.3, -0.25) is 4.99 Å². The highest BCUT2D eigenvalue weighted by Crippen LogP contribution is 2.28. The molecule has 0 spiro atoms. The van der Waals surface area contributed by atoms with Crippen LogP contribution in [-0.4, -0.2) is 45.5 Å². The largest absolute Gasteiger partial charge is 0.350 e. The van der Waals surface area contributed by atoms with Gasteiger partial charge in [0, 0.05) is 37.4 Å². The first-order chi connectivity index (χ1) is 12.5. The van der Waals surface area contributed by atoms with Gasteiger partial charge < -0.3 is 14.8 Å². The van der Waals surface area contributed by atoms with Crippen LogP contribution < -0.4 is 5.32 Å². The van der Waals surface area contributed by atoms with E-state index in [2.05, 4.69) is 58.7 Å². The summed E-state index contributed by atoms with van der Waals surface area (Å²) in [6, 6.07) is 0.430. The van der Waals surface area contributed by atoms with Gasteiger partial charge in [0.05, 0.1) is 24.6 Å². The lowest BCUT2D eigenvalue weighted by molar-refractivity contribution is 0.189. The van der Waals surface area contributed by atoms with Crippen LogP contribution in [0, 0.1) is 12.8 Å². The van der Waals surface area contributed by atoms with Gasteiger partial charge in [-0.2, -0.15) is 0 Å². The summed E-state index contributed by atoms with van der Waals surface area (Å²) in [7, 11) is 1.86. The van der Waals surface area contributed by atoms with Crippen molar-refractivity contribution in [3.63, 3.8) is 0 Å². The fourth-order valence-corrected chi connectivity index (χ4v) is 4.69. The molecule has 2 aromatic rings. The first-order valence-corrected chi connectivity index (χ1v) is 10.2. The van der Waals surface area contributed by atoms with Crippen molar-refractivity contribution in [2.75, 3.05) is 20.1 Å². The summed E-state index contributed by atoms with van der Waals surface area (Å²) in [6.07, 6.45) is 6.99. The van der Waals surface area contributed by atoms with Crippen LogP contribution in [-0.2, 0) is 6.54 Å². The summed E-state index contributed by atoms with van der Waals surface area (Å²) >= 11 is 1.78. The minimum absolute atomic E-state index is 0.430. The predicted octanol–water partition coefficient (Wildman–Crippen LogP) is 3.43. The van der Waals surface area contributed by atoms with E-state index in [1.54, 1.807) is 11.3 Å². The second-order valence-corrected chi connectivity index (χ2v) is 8.68. The molecule has 0 amide bonds. The summed E-state index contributed by atoms with van der Waals surface area (Å²) in [6.45, 7) is 11.6. The summed E-state index contributed by atoms with van der Waals surface area (Å²) in [4.78, 5) is 17.2. The standard InChI is InChI=1S/C19H30N6S/c1-13(2)18-15(4)26-17(23-18)10-22-19(20-5)24-8-6-14(3)16(11-24)25-9-7-21-12-25/h7,9,12-14,16H,6,8,10-11H2,1-5H3,(H,20,22). The van der Waals surface area contributed by atoms with Gasteiger partial charge in [-0.25, -0.2) is 9.97 Å². The van der Waals surface area contributed by atoms with Crippen molar-refractivity contribution >= 4 is 17.3 Å². The van der Waals surface area contributed by atoms with E-state index in [4.69, 9.17) is 4.98 Å². The molecule has 3 heterocycles. The number of nitrogens with zero attached hydrogens (tertiary/aromatic N) is 5. The highest BCUT2D eigenvalue weighted by Gasteiger charge is 2.29. The Bertz CT molecular complexity index is 733. The number of imidazole rings is 1. The van der Waals surface area contributed by atoms with Gasteiger partial charge in [-0.15, -0.1) is 11.3 Å². The van der Waals surface area contributed by atoms with E-state index in [0.29, 0.717) is 17.9 Å². The SMILES string of the molecule is CN=C(NCc1nc(C(C)C)c(C)s1)N1CCC(C)C(n2ccnc2)C1. The molecule has 26 heavy (non-hydrogen) atoms. The number of nitrogens with one attached hydrogen (secondary N) is 1. The molecule has 0 saturated carbocycles. The molecule has 3 rings (SSSR count). The molecule has 0 aromatic carbocycles. The zero-order chi connectivity index (χ0) is 18.7. The number of aromatic nitrogens is 3. The van der Waals surface area contributed by atoms with E-state index in [0.717, 1.165) is 37.0 Å². The Labute approximate surface area is 160 Å². The average molecular weight is 375 g/mol. The molecule has 2 atom stereocenters. The van der Waals surface area contributed by atoms with Crippen molar-refractivity contribution < 1.29 is 0 Å². The van der Waals surface area contributed by atoms with Crippen LogP contribution in [0.4, 0.5) is 0 Å². The molecule has 7 heteroatoms. The van der Waals surface area contributed by atoms with Crippen molar-refractivity contribution in [1.82, 2.24) is 24.8 Å². The maximum atomic E-state index is 4.80. The Balaban J connectivity index is 1.64. The lowest BCUT2D eigenvalue weighted by Crippen LogP contribution is -2.48. The summed E-state index contributed by atoms with van der Waals surface area (Å²) in [5.74, 6) is 2.06. The van der Waals surface area contributed by atoms with Gasteiger partial charge in [0.25, 0.3) is 0 Å². The van der Waals surface area contributed by atoms with Crippen LogP contribution in [0.5, 0.6) is 0 Å². The van der Waals surface area contributed by atoms with Crippen molar-refractivity contribution in [3.05, 3.63) is 34.3 Å². The fraction of sp³-hybridized carbons (Fsp3) is 0.632. The van der Waals surface area contributed by atoms with E-state index in [1.807, 2.05) is 19.6 Å². The van der Waals surface area contributed by atoms with Gasteiger partial charge in [-0.05, 0) is 25.2 Å². The highest BCUT2D eigenvalue weighted by atomic mass is 32.1. The van der Waals surface area contributed by atoms with Gasteiger partial charge in [0.1, 0.15) is 5.01 Å². The molecular formula is C19H30N6S. The molecule has 0 aliphatic carbocycles. The van der Waals surface area contributed by atoms with Gasteiger partial charge in [0.2, 0.25) is 0 Å². The number of aryl methyl sites for hydroxylation is 1. The minimum Gasteiger partial charge on any atom is -0.350 e. The molecule has 1 fully saturated rings. The zero-order valence-electron chi connectivity index (χ0n) is 16.4. The monoisotopic (exact) mass is 374 g/mol. The maximum Gasteiger partial charge on any atom is 0.194 e. The smallest absolute Gasteiger partial charge is 0.194 e. The first kappa shape index (κ1) is 18.9. The topological polar surface area (TPSA) is 58.3 Å². The number of aliphatic imine (C=N–C) groups is 1. The van der Waals surface area contributed by atoms with Gasteiger partial charge in [0.15, 0.2) is 5.96 Å². The third-order valence-corrected chi connectivity index (χ3v) is 6.15. The number of hydrogen-bond donors (Lipinski definition) is 1. The highest BCUT2D eigenvalue weighted by molar-refractivity contribution is 7.11. The van der Waals surface area contributed by atoms with E-state index in [-0.39, 0.29) is 0 Å². The van der Waals surface area contributed by atoms with Crippen LogP contribution in [0.3, 0.4) is 0 Å². The lowest BCUT2D eigenvalue weighted by atomic mass is 9.93. The molecule has 6 nitrogen and oxygen atoms in total. The van der Waals surface area contributed by atoms with E-state index in [1.165, 1.54) is 10.6 Å². The second-order valence-electron chi connectivity index (χ2n) is 7.39. The van der Waals surface area contributed by atoms with E-state index in [9.17, 15) is 0 Å². The Morgan fingerprint density at radius 1 is 1.46 bits per heavy atom. The van der Waals surface area contributed by atoms with Crippen molar-refractivity contribution in [1.29, 1.82) is 0 Å². The first-order valence-electron chi connectivity index (χ1n) is 9.38. The number of piperidine rings is 1. The molecular weight excluding hydrogens is 344 g/mol. The Hall–Kier alpha value is -1.89. The molecule has 0 bridgehead atoms. The summed E-state index contributed by atoms with van der Waals surface area (Å²) in [5, 5.41) is 4.64. The van der Waals surface area contributed by atoms with Crippen LogP contribution in [0.1, 0.15) is 54.7 Å². The Morgan fingerprint density at radius 3 is 2.88 bits per heavy atom. The number of likely N-dealkylation sites (tertiary alicyclic amines) is 1. The molecule has 1 N–H and O–H groups in total. The molecule has 1 aliphatic rings. The molecule has 1 aliphatic heterocycles. The Morgan fingerprint density at radius 2 is 2.27 bits per heavy atom. The van der Waals surface area contributed by atoms with E-state index < -0.39 is 0 Å². The summed E-state index contributed by atoms with van der Waals surface area (Å²) in [5.41, 5.74) is 1.22. The fourth-order valence-electron chi connectivity index (χ4n) is 3.66. The van der Waals surface area contributed by atoms with Crippen molar-refractivity contribution in [2.24, 2.45) is 10.9 Å². The molecule has 0 radical (unpaired) electrons. The van der Waals surface area contributed by atoms with Crippen molar-refractivity contribution in [2.45, 2.75) is 52.6 Å². The maximum absolute atomic E-state index is 4.80. The zero-order valence-corrected chi connectivity index (χ0v) is 17.3. The third-order valence-electron chi connectivity index (χ3n) is 5.16. The van der Waals surface area contributed by atoms with Crippen LogP contribution in [0.2, 0.25) is 0 Å². The summed E-state index contributed by atoms with van der Waals surface area (Å²) < 4.78 is 2.23. The normalized spacial score (nSPS) is 21.5. The van der Waals surface area contributed by atoms with E-state index >= 15 is 0 Å². The number of rotatable bonds is 4. The lowest BCUT2D eigenvalue weighted by Gasteiger charge is -2.39. The second kappa shape index (κ2) is 8.20. The number of guanidine groups is 1. The molecule has 1 saturated heterocycles. The van der Waals surface area contributed by atoms with Crippen LogP contribution in [0.15, 0.2) is 23.7 Å². The molecule has 2 aromatic heterocycles. The van der Waals surface area contributed by atoms with Gasteiger partial charge in [-0.1, -0.05) is 20.8 Å². The minimum atomic E-state index is 0.430. The third kappa shape index (κ3) is 4.09.